The molecule has 4 nitrogen and oxygen atoms in total. The highest BCUT2D eigenvalue weighted by Crippen LogP contribution is 2.21. The van der Waals surface area contributed by atoms with Gasteiger partial charge in [0.2, 0.25) is 0 Å². The molecule has 1 atom stereocenters. The molecule has 1 heterocycles. The molecular weight excluding hydrogens is 212 g/mol. The molecule has 0 amide bonds. The van der Waals surface area contributed by atoms with E-state index in [9.17, 15) is 0 Å². The van der Waals surface area contributed by atoms with E-state index in [0.29, 0.717) is 18.4 Å². The molecular formula is C13H20N4. The molecule has 4 N–H and O–H groups in total. The average molecular weight is 232 g/mol. The van der Waals surface area contributed by atoms with Crippen LogP contribution >= 0.6 is 0 Å². The van der Waals surface area contributed by atoms with Gasteiger partial charge in [0.05, 0.1) is 17.4 Å². The van der Waals surface area contributed by atoms with Crippen molar-refractivity contribution in [3.63, 3.8) is 0 Å². The Morgan fingerprint density at radius 3 is 2.94 bits per heavy atom. The fourth-order valence-corrected chi connectivity index (χ4v) is 1.95. The number of rotatable bonds is 5. The highest BCUT2D eigenvalue weighted by atomic mass is 15.1. The molecule has 0 saturated heterocycles. The zero-order valence-corrected chi connectivity index (χ0v) is 10.4. The lowest BCUT2D eigenvalue weighted by atomic mass is 9.96. The second-order valence-electron chi connectivity index (χ2n) is 4.76. The Hall–Kier alpha value is -1.55. The summed E-state index contributed by atoms with van der Waals surface area (Å²) in [4.78, 5) is 0. The molecule has 1 aromatic carbocycles. The van der Waals surface area contributed by atoms with E-state index in [0.717, 1.165) is 23.1 Å². The molecule has 0 aliphatic rings. The van der Waals surface area contributed by atoms with Crippen molar-refractivity contribution in [1.29, 1.82) is 0 Å². The molecule has 0 bridgehead atoms. The highest BCUT2D eigenvalue weighted by Gasteiger charge is 2.11. The maximum absolute atomic E-state index is 5.77. The third-order valence-corrected chi connectivity index (χ3v) is 3.28. The molecule has 0 radical (unpaired) electrons. The monoisotopic (exact) mass is 232 g/mol. The number of nitrogens with zero attached hydrogens (tertiary/aromatic N) is 1. The molecule has 4 heteroatoms. The minimum absolute atomic E-state index is 0.494. The zero-order valence-electron chi connectivity index (χ0n) is 10.4. The van der Waals surface area contributed by atoms with E-state index < -0.39 is 0 Å². The first-order chi connectivity index (χ1) is 8.22. The molecule has 2 aromatic rings. The van der Waals surface area contributed by atoms with Crippen LogP contribution in [0.5, 0.6) is 0 Å². The van der Waals surface area contributed by atoms with Crippen LogP contribution in [-0.4, -0.2) is 23.3 Å². The second kappa shape index (κ2) is 5.19. The van der Waals surface area contributed by atoms with Crippen LogP contribution in [0.4, 0.5) is 5.69 Å². The Bertz CT molecular complexity index is 475. The molecule has 92 valence electrons. The zero-order chi connectivity index (χ0) is 12.3. The van der Waals surface area contributed by atoms with Gasteiger partial charge >= 0.3 is 0 Å². The smallest absolute Gasteiger partial charge is 0.0881 e. The standard InChI is InChI=1S/C13H20N4/c1-9(2)11(6-14)7-15-12-5-3-4-10-8-16-17-13(10)12/h3-5,8-9,11,15H,6-7,14H2,1-2H3,(H,16,17). The number of anilines is 1. The summed E-state index contributed by atoms with van der Waals surface area (Å²) in [5, 5.41) is 11.7. The van der Waals surface area contributed by atoms with Crippen molar-refractivity contribution in [3.05, 3.63) is 24.4 Å². The van der Waals surface area contributed by atoms with Crippen LogP contribution in [0.25, 0.3) is 10.9 Å². The molecule has 2 rings (SSSR count). The van der Waals surface area contributed by atoms with Gasteiger partial charge in [-0.05, 0) is 24.4 Å². The van der Waals surface area contributed by atoms with Crippen LogP contribution in [-0.2, 0) is 0 Å². The number of para-hydroxylation sites is 1. The Morgan fingerprint density at radius 1 is 1.41 bits per heavy atom. The van der Waals surface area contributed by atoms with Gasteiger partial charge in [-0.25, -0.2) is 0 Å². The SMILES string of the molecule is CC(C)C(CN)CNc1cccc2cn[nH]c12. The van der Waals surface area contributed by atoms with E-state index in [4.69, 9.17) is 5.73 Å². The van der Waals surface area contributed by atoms with Gasteiger partial charge < -0.3 is 11.1 Å². The van der Waals surface area contributed by atoms with E-state index >= 15 is 0 Å². The minimum Gasteiger partial charge on any atom is -0.383 e. The lowest BCUT2D eigenvalue weighted by Crippen LogP contribution is -2.27. The summed E-state index contributed by atoms with van der Waals surface area (Å²) in [7, 11) is 0. The van der Waals surface area contributed by atoms with E-state index in [1.54, 1.807) is 0 Å². The summed E-state index contributed by atoms with van der Waals surface area (Å²) in [6, 6.07) is 6.15. The Labute approximate surface area is 102 Å². The molecule has 17 heavy (non-hydrogen) atoms. The number of fused-ring (bicyclic) bond motifs is 1. The summed E-state index contributed by atoms with van der Waals surface area (Å²) in [5.41, 5.74) is 7.93. The third-order valence-electron chi connectivity index (χ3n) is 3.28. The normalized spacial score (nSPS) is 13.2. The molecule has 0 saturated carbocycles. The number of aromatic amines is 1. The number of hydrogen-bond acceptors (Lipinski definition) is 3. The van der Waals surface area contributed by atoms with E-state index in [-0.39, 0.29) is 0 Å². The predicted octanol–water partition coefficient (Wildman–Crippen LogP) is 2.21. The van der Waals surface area contributed by atoms with E-state index in [1.165, 1.54) is 0 Å². The fraction of sp³-hybridized carbons (Fsp3) is 0.462. The Morgan fingerprint density at radius 2 is 2.24 bits per heavy atom. The number of H-pyrrole nitrogens is 1. The number of nitrogens with one attached hydrogen (secondary N) is 2. The predicted molar refractivity (Wildman–Crippen MR) is 72.0 cm³/mol. The molecule has 0 aliphatic heterocycles. The largest absolute Gasteiger partial charge is 0.383 e. The van der Waals surface area contributed by atoms with Gasteiger partial charge in [0, 0.05) is 11.9 Å². The lowest BCUT2D eigenvalue weighted by molar-refractivity contribution is 0.413. The van der Waals surface area contributed by atoms with Gasteiger partial charge in [0.25, 0.3) is 0 Å². The first-order valence-corrected chi connectivity index (χ1v) is 6.08. The van der Waals surface area contributed by atoms with Gasteiger partial charge in [-0.3, -0.25) is 5.10 Å². The summed E-state index contributed by atoms with van der Waals surface area (Å²) in [5.74, 6) is 1.08. The van der Waals surface area contributed by atoms with E-state index in [1.807, 2.05) is 18.3 Å². The van der Waals surface area contributed by atoms with Crippen molar-refractivity contribution in [1.82, 2.24) is 10.2 Å². The molecule has 1 aromatic heterocycles. The molecule has 0 fully saturated rings. The highest BCUT2D eigenvalue weighted by molar-refractivity contribution is 5.89. The van der Waals surface area contributed by atoms with Crippen LogP contribution in [0.3, 0.4) is 0 Å². The van der Waals surface area contributed by atoms with Crippen molar-refractivity contribution in [3.8, 4) is 0 Å². The third kappa shape index (κ3) is 2.58. The molecule has 1 unspecified atom stereocenters. The maximum Gasteiger partial charge on any atom is 0.0881 e. The number of benzene rings is 1. The minimum atomic E-state index is 0.494. The van der Waals surface area contributed by atoms with Gasteiger partial charge in [-0.15, -0.1) is 0 Å². The van der Waals surface area contributed by atoms with Crippen LogP contribution < -0.4 is 11.1 Å². The summed E-state index contributed by atoms with van der Waals surface area (Å²) in [6.07, 6.45) is 1.84. The molecule has 0 spiro atoms. The topological polar surface area (TPSA) is 66.7 Å². The second-order valence-corrected chi connectivity index (χ2v) is 4.76. The number of aromatic nitrogens is 2. The number of hydrogen-bond donors (Lipinski definition) is 3. The Balaban J connectivity index is 2.10. The lowest BCUT2D eigenvalue weighted by Gasteiger charge is -2.20. The first-order valence-electron chi connectivity index (χ1n) is 6.08. The quantitative estimate of drug-likeness (QED) is 0.740. The maximum atomic E-state index is 5.77. The Kier molecular flexibility index (Phi) is 3.64. The van der Waals surface area contributed by atoms with Crippen molar-refractivity contribution in [2.45, 2.75) is 13.8 Å². The van der Waals surface area contributed by atoms with Crippen LogP contribution in [0.2, 0.25) is 0 Å². The van der Waals surface area contributed by atoms with Crippen molar-refractivity contribution in [2.75, 3.05) is 18.4 Å². The van der Waals surface area contributed by atoms with Crippen LogP contribution in [0.15, 0.2) is 24.4 Å². The van der Waals surface area contributed by atoms with E-state index in [2.05, 4.69) is 35.4 Å². The number of nitrogens with two attached hydrogens (primary N) is 1. The van der Waals surface area contributed by atoms with Gasteiger partial charge in [0.1, 0.15) is 0 Å². The fourth-order valence-electron chi connectivity index (χ4n) is 1.95. The average Bonchev–Trinajstić information content (AvgIpc) is 2.78. The van der Waals surface area contributed by atoms with Crippen molar-refractivity contribution >= 4 is 16.6 Å². The van der Waals surface area contributed by atoms with Gasteiger partial charge in [-0.2, -0.15) is 5.10 Å². The van der Waals surface area contributed by atoms with Crippen LogP contribution in [0, 0.1) is 11.8 Å². The van der Waals surface area contributed by atoms with Crippen LogP contribution in [0.1, 0.15) is 13.8 Å². The van der Waals surface area contributed by atoms with Crippen molar-refractivity contribution < 1.29 is 0 Å². The van der Waals surface area contributed by atoms with Crippen molar-refractivity contribution in [2.24, 2.45) is 17.6 Å². The van der Waals surface area contributed by atoms with Gasteiger partial charge in [-0.1, -0.05) is 26.0 Å². The first kappa shape index (κ1) is 11.9. The molecule has 0 aliphatic carbocycles. The summed E-state index contributed by atoms with van der Waals surface area (Å²) >= 11 is 0. The summed E-state index contributed by atoms with van der Waals surface area (Å²) in [6.45, 7) is 6.02. The van der Waals surface area contributed by atoms with Gasteiger partial charge in [0.15, 0.2) is 0 Å². The summed E-state index contributed by atoms with van der Waals surface area (Å²) < 4.78 is 0.